The van der Waals surface area contributed by atoms with Gasteiger partial charge >= 0.3 is 0 Å². The minimum Gasteiger partial charge on any atom is -0.489 e. The van der Waals surface area contributed by atoms with Gasteiger partial charge in [-0.2, -0.15) is 0 Å². The number of nitrogens with zero attached hydrogens (tertiary/aromatic N) is 1. The van der Waals surface area contributed by atoms with E-state index in [0.29, 0.717) is 12.2 Å². The molecule has 0 N–H and O–H groups in total. The Bertz CT molecular complexity index is 965. The third kappa shape index (κ3) is 5.23. The highest BCUT2D eigenvalue weighted by molar-refractivity contribution is 6.09. The molecule has 0 spiro atoms. The number of carbonyl (C=O) groups is 1. The highest BCUT2D eigenvalue weighted by atomic mass is 16.5. The van der Waals surface area contributed by atoms with E-state index in [4.69, 9.17) is 4.74 Å². The van der Waals surface area contributed by atoms with Crippen LogP contribution < -0.4 is 9.64 Å². The Morgan fingerprint density at radius 1 is 0.926 bits per heavy atom. The second-order valence-electron chi connectivity index (χ2n) is 6.32. The minimum atomic E-state index is -0.192. The second kappa shape index (κ2) is 8.73. The molecule has 3 rings (SSSR count). The lowest BCUT2D eigenvalue weighted by Gasteiger charge is -2.13. The van der Waals surface area contributed by atoms with Gasteiger partial charge in [0.25, 0.3) is 0 Å². The van der Waals surface area contributed by atoms with Crippen LogP contribution in [-0.4, -0.2) is 19.9 Å². The summed E-state index contributed by atoms with van der Waals surface area (Å²) in [6.45, 7) is 0.480. The van der Waals surface area contributed by atoms with E-state index in [-0.39, 0.29) is 5.78 Å². The number of anilines is 1. The van der Waals surface area contributed by atoms with Gasteiger partial charge in [-0.25, -0.2) is 0 Å². The van der Waals surface area contributed by atoms with Crippen LogP contribution >= 0.6 is 0 Å². The van der Waals surface area contributed by atoms with Crippen LogP contribution in [0.25, 0.3) is 0 Å². The maximum Gasteiger partial charge on any atom is 0.236 e. The molecule has 0 aliphatic carbocycles. The Morgan fingerprint density at radius 3 is 2.37 bits per heavy atom. The second-order valence-corrected chi connectivity index (χ2v) is 6.32. The van der Waals surface area contributed by atoms with Crippen LogP contribution in [0.4, 0.5) is 5.69 Å². The number of rotatable bonds is 5. The highest BCUT2D eigenvalue weighted by Gasteiger charge is 2.01. The van der Waals surface area contributed by atoms with Crippen LogP contribution in [0.15, 0.2) is 78.9 Å². The molecule has 3 aromatic rings. The zero-order valence-corrected chi connectivity index (χ0v) is 15.5. The standard InChI is InChI=1S/C24H21NO2/c1-25(2)22-14-11-20(12-15-22)18-27-23-10-6-7-19(17-23)13-16-24(26)21-8-4-3-5-9-21/h3-12,14-15,17H,18H2,1-2H3. The SMILES string of the molecule is CN(C)c1ccc(COc2cccc(C#CC(=O)c3ccccc3)c2)cc1. The number of ether oxygens (including phenoxy) is 1. The average molecular weight is 355 g/mol. The van der Waals surface area contributed by atoms with Gasteiger partial charge in [-0.15, -0.1) is 0 Å². The van der Waals surface area contributed by atoms with Crippen molar-refractivity contribution >= 4 is 11.5 Å². The van der Waals surface area contributed by atoms with Crippen LogP contribution in [-0.2, 0) is 6.61 Å². The van der Waals surface area contributed by atoms with E-state index in [1.807, 2.05) is 56.6 Å². The number of Topliss-reactive ketones (excluding diaryl/α,β-unsaturated/α-hetero) is 1. The van der Waals surface area contributed by atoms with Crippen LogP contribution in [0.2, 0.25) is 0 Å². The molecular weight excluding hydrogens is 334 g/mol. The fourth-order valence-electron chi connectivity index (χ4n) is 2.51. The fraction of sp³-hybridized carbons (Fsp3) is 0.125. The van der Waals surface area contributed by atoms with Gasteiger partial charge in [0.2, 0.25) is 5.78 Å². The number of ketones is 1. The van der Waals surface area contributed by atoms with Crippen molar-refractivity contribution in [1.82, 2.24) is 0 Å². The van der Waals surface area contributed by atoms with Crippen LogP contribution in [0.1, 0.15) is 21.5 Å². The van der Waals surface area contributed by atoms with E-state index in [1.54, 1.807) is 12.1 Å². The van der Waals surface area contributed by atoms with Gasteiger partial charge in [-0.1, -0.05) is 54.5 Å². The van der Waals surface area contributed by atoms with E-state index in [1.165, 1.54) is 0 Å². The van der Waals surface area contributed by atoms with Gasteiger partial charge in [0.05, 0.1) is 0 Å². The normalized spacial score (nSPS) is 9.85. The Labute approximate surface area is 160 Å². The van der Waals surface area contributed by atoms with Crippen molar-refractivity contribution in [1.29, 1.82) is 0 Å². The summed E-state index contributed by atoms with van der Waals surface area (Å²) in [4.78, 5) is 14.1. The lowest BCUT2D eigenvalue weighted by atomic mass is 10.1. The zero-order valence-electron chi connectivity index (χ0n) is 15.5. The summed E-state index contributed by atoms with van der Waals surface area (Å²) in [6.07, 6.45) is 0. The molecule has 0 atom stereocenters. The molecular formula is C24H21NO2. The van der Waals surface area contributed by atoms with Gasteiger partial charge in [-0.05, 0) is 41.8 Å². The fourth-order valence-corrected chi connectivity index (χ4v) is 2.51. The van der Waals surface area contributed by atoms with E-state index < -0.39 is 0 Å². The van der Waals surface area contributed by atoms with E-state index in [0.717, 1.165) is 22.6 Å². The van der Waals surface area contributed by atoms with Gasteiger partial charge < -0.3 is 9.64 Å². The van der Waals surface area contributed by atoms with Crippen LogP contribution in [0, 0.1) is 11.8 Å². The predicted octanol–water partition coefficient (Wildman–Crippen LogP) is 4.57. The summed E-state index contributed by atoms with van der Waals surface area (Å²) in [6, 6.07) is 24.8. The van der Waals surface area contributed by atoms with E-state index in [9.17, 15) is 4.79 Å². The molecule has 0 radical (unpaired) electrons. The molecule has 0 aliphatic rings. The summed E-state index contributed by atoms with van der Waals surface area (Å²) in [5.41, 5.74) is 3.59. The molecule has 0 fully saturated rings. The molecule has 27 heavy (non-hydrogen) atoms. The number of benzene rings is 3. The number of carbonyl (C=O) groups excluding carboxylic acids is 1. The molecule has 3 heteroatoms. The molecule has 0 bridgehead atoms. The van der Waals surface area contributed by atoms with Crippen molar-refractivity contribution in [3.05, 3.63) is 95.6 Å². The first kappa shape index (κ1) is 18.3. The predicted molar refractivity (Wildman–Crippen MR) is 109 cm³/mol. The van der Waals surface area contributed by atoms with Crippen LogP contribution in [0.3, 0.4) is 0 Å². The molecule has 0 amide bonds. The highest BCUT2D eigenvalue weighted by Crippen LogP contribution is 2.17. The smallest absolute Gasteiger partial charge is 0.236 e. The quantitative estimate of drug-likeness (QED) is 0.496. The molecule has 3 aromatic carbocycles. The third-order valence-electron chi connectivity index (χ3n) is 4.05. The molecule has 0 saturated heterocycles. The summed E-state index contributed by atoms with van der Waals surface area (Å²) in [5.74, 6) is 6.14. The van der Waals surface area contributed by atoms with Crippen molar-refractivity contribution in [2.45, 2.75) is 6.61 Å². The Morgan fingerprint density at radius 2 is 1.67 bits per heavy atom. The maximum absolute atomic E-state index is 12.1. The maximum atomic E-state index is 12.1. The van der Waals surface area contributed by atoms with Crippen molar-refractivity contribution in [3.8, 4) is 17.6 Å². The van der Waals surface area contributed by atoms with Gasteiger partial charge in [0.15, 0.2) is 0 Å². The molecule has 0 unspecified atom stereocenters. The zero-order chi connectivity index (χ0) is 19.1. The third-order valence-corrected chi connectivity index (χ3v) is 4.05. The Hall–Kier alpha value is -3.51. The van der Waals surface area contributed by atoms with Crippen molar-refractivity contribution in [2.75, 3.05) is 19.0 Å². The molecule has 134 valence electrons. The summed E-state index contributed by atoms with van der Waals surface area (Å²) < 4.78 is 5.86. The van der Waals surface area contributed by atoms with Crippen molar-refractivity contribution < 1.29 is 9.53 Å². The summed E-state index contributed by atoms with van der Waals surface area (Å²) >= 11 is 0. The molecule has 0 heterocycles. The number of hydrogen-bond donors (Lipinski definition) is 0. The van der Waals surface area contributed by atoms with E-state index >= 15 is 0 Å². The molecule has 0 aliphatic heterocycles. The Balaban J connectivity index is 1.64. The lowest BCUT2D eigenvalue weighted by molar-refractivity contribution is 0.105. The van der Waals surface area contributed by atoms with Gasteiger partial charge in [-0.3, -0.25) is 4.79 Å². The average Bonchev–Trinajstić information content (AvgIpc) is 2.72. The van der Waals surface area contributed by atoms with Crippen LogP contribution in [0.5, 0.6) is 5.75 Å². The monoisotopic (exact) mass is 355 g/mol. The summed E-state index contributed by atoms with van der Waals surface area (Å²) in [5, 5.41) is 0. The van der Waals surface area contributed by atoms with Gasteiger partial charge in [0.1, 0.15) is 12.4 Å². The minimum absolute atomic E-state index is 0.192. The van der Waals surface area contributed by atoms with Gasteiger partial charge in [0, 0.05) is 30.9 Å². The number of hydrogen-bond acceptors (Lipinski definition) is 3. The summed E-state index contributed by atoms with van der Waals surface area (Å²) in [7, 11) is 4.03. The first-order valence-electron chi connectivity index (χ1n) is 8.72. The van der Waals surface area contributed by atoms with E-state index in [2.05, 4.69) is 41.0 Å². The molecule has 0 aromatic heterocycles. The lowest BCUT2D eigenvalue weighted by Crippen LogP contribution is -2.08. The van der Waals surface area contributed by atoms with Crippen molar-refractivity contribution in [3.63, 3.8) is 0 Å². The Kier molecular flexibility index (Phi) is 5.91. The largest absolute Gasteiger partial charge is 0.489 e. The molecule has 3 nitrogen and oxygen atoms in total. The first-order valence-corrected chi connectivity index (χ1v) is 8.72. The first-order chi connectivity index (χ1) is 13.1. The topological polar surface area (TPSA) is 29.5 Å². The molecule has 0 saturated carbocycles. The van der Waals surface area contributed by atoms with Crippen molar-refractivity contribution in [2.24, 2.45) is 0 Å².